The number of phenols is 1. The molecule has 0 fully saturated rings. The number of phenolic OH excluding ortho intramolecular Hbond substituents is 1. The predicted molar refractivity (Wildman–Crippen MR) is 52.9 cm³/mol. The van der Waals surface area contributed by atoms with Crippen LogP contribution in [0, 0.1) is 6.92 Å². The predicted octanol–water partition coefficient (Wildman–Crippen LogP) is 3.21. The van der Waals surface area contributed by atoms with E-state index in [1.807, 2.05) is 0 Å². The molecule has 0 aromatic heterocycles. The van der Waals surface area contributed by atoms with E-state index in [4.69, 9.17) is 23.2 Å². The number of ketones is 1. The zero-order chi connectivity index (χ0) is 10.2. The average molecular weight is 219 g/mol. The number of hydrogen-bond donors (Lipinski definition) is 1. The quantitative estimate of drug-likeness (QED) is 0.736. The highest BCUT2D eigenvalue weighted by molar-refractivity contribution is 6.37. The largest absolute Gasteiger partial charge is 0.506 e. The van der Waals surface area contributed by atoms with Crippen LogP contribution in [0.1, 0.15) is 22.8 Å². The Kier molecular flexibility index (Phi) is 2.84. The lowest BCUT2D eigenvalue weighted by molar-refractivity contribution is 0.101. The second-order valence-corrected chi connectivity index (χ2v) is 3.56. The summed E-state index contributed by atoms with van der Waals surface area (Å²) >= 11 is 11.4. The third kappa shape index (κ3) is 1.79. The number of carbonyl (C=O) groups is 1. The van der Waals surface area contributed by atoms with Crippen LogP contribution in [0.4, 0.5) is 0 Å². The molecule has 13 heavy (non-hydrogen) atoms. The van der Waals surface area contributed by atoms with Crippen LogP contribution in [0.3, 0.4) is 0 Å². The minimum atomic E-state index is -0.251. The van der Waals surface area contributed by atoms with Gasteiger partial charge in [0.15, 0.2) is 5.78 Å². The molecule has 0 heterocycles. The molecule has 0 saturated heterocycles. The molecule has 0 aliphatic rings. The lowest BCUT2D eigenvalue weighted by atomic mass is 10.0. The van der Waals surface area contributed by atoms with Crippen LogP contribution in [-0.2, 0) is 0 Å². The maximum atomic E-state index is 11.1. The zero-order valence-electron chi connectivity index (χ0n) is 7.19. The number of benzene rings is 1. The summed E-state index contributed by atoms with van der Waals surface area (Å²) < 4.78 is 0. The van der Waals surface area contributed by atoms with Gasteiger partial charge >= 0.3 is 0 Å². The van der Waals surface area contributed by atoms with E-state index in [0.717, 1.165) is 0 Å². The average Bonchev–Trinajstić information content (AvgIpc) is 2.01. The summed E-state index contributed by atoms with van der Waals surface area (Å²) in [7, 11) is 0. The lowest BCUT2D eigenvalue weighted by Crippen LogP contribution is -1.97. The molecule has 0 amide bonds. The number of Topliss-reactive ketones (excluding diaryl/α,β-unsaturated/α-hetero) is 1. The van der Waals surface area contributed by atoms with Gasteiger partial charge in [0, 0.05) is 5.02 Å². The van der Waals surface area contributed by atoms with E-state index in [1.54, 1.807) is 6.92 Å². The summed E-state index contributed by atoms with van der Waals surface area (Å²) in [6, 6.07) is 1.42. The van der Waals surface area contributed by atoms with Crippen molar-refractivity contribution in [3.8, 4) is 5.75 Å². The molecule has 0 radical (unpaired) electrons. The molecule has 0 atom stereocenters. The van der Waals surface area contributed by atoms with Crippen LogP contribution in [0.2, 0.25) is 10.0 Å². The molecule has 0 aliphatic heterocycles. The lowest BCUT2D eigenvalue weighted by Gasteiger charge is -2.08. The number of rotatable bonds is 1. The maximum absolute atomic E-state index is 11.1. The molecule has 2 nitrogen and oxygen atoms in total. The molecule has 1 rings (SSSR count). The first-order valence-electron chi connectivity index (χ1n) is 3.63. The van der Waals surface area contributed by atoms with Crippen molar-refractivity contribution < 1.29 is 9.90 Å². The van der Waals surface area contributed by atoms with Crippen LogP contribution in [0.5, 0.6) is 5.75 Å². The molecular weight excluding hydrogens is 211 g/mol. The highest BCUT2D eigenvalue weighted by Crippen LogP contribution is 2.34. The van der Waals surface area contributed by atoms with Gasteiger partial charge < -0.3 is 5.11 Å². The highest BCUT2D eigenvalue weighted by atomic mass is 35.5. The molecule has 0 bridgehead atoms. The number of carbonyl (C=O) groups excluding carboxylic acids is 1. The highest BCUT2D eigenvalue weighted by Gasteiger charge is 2.15. The first-order chi connectivity index (χ1) is 5.95. The molecule has 4 heteroatoms. The molecule has 1 N–H and O–H groups in total. The fraction of sp³-hybridized carbons (Fsp3) is 0.222. The van der Waals surface area contributed by atoms with Gasteiger partial charge in [0.25, 0.3) is 0 Å². The maximum Gasteiger partial charge on any atom is 0.163 e. The summed E-state index contributed by atoms with van der Waals surface area (Å²) in [6.45, 7) is 3.02. The standard InChI is InChI=1S/C9H8Cl2O2/c1-4-6(10)3-7(11)9(13)8(4)5(2)12/h3,13H,1-2H3. The van der Waals surface area contributed by atoms with Gasteiger partial charge in [-0.05, 0) is 25.5 Å². The topological polar surface area (TPSA) is 37.3 Å². The summed E-state index contributed by atoms with van der Waals surface area (Å²) in [6.07, 6.45) is 0. The summed E-state index contributed by atoms with van der Waals surface area (Å²) in [5, 5.41) is 9.94. The molecule has 0 saturated carbocycles. The van der Waals surface area contributed by atoms with E-state index < -0.39 is 0 Å². The molecular formula is C9H8Cl2O2. The first kappa shape index (κ1) is 10.4. The Bertz CT molecular complexity index is 346. The van der Waals surface area contributed by atoms with Crippen molar-refractivity contribution in [3.05, 3.63) is 27.2 Å². The SMILES string of the molecule is CC(=O)c1c(C)c(Cl)cc(Cl)c1O. The van der Waals surface area contributed by atoms with Gasteiger partial charge in [0.2, 0.25) is 0 Å². The zero-order valence-corrected chi connectivity index (χ0v) is 8.70. The third-order valence-corrected chi connectivity index (χ3v) is 2.48. The Morgan fingerprint density at radius 1 is 1.38 bits per heavy atom. The van der Waals surface area contributed by atoms with E-state index in [2.05, 4.69) is 0 Å². The molecule has 1 aromatic rings. The molecule has 70 valence electrons. The summed E-state index contributed by atoms with van der Waals surface area (Å²) in [5.74, 6) is -0.449. The van der Waals surface area contributed by atoms with E-state index in [0.29, 0.717) is 10.6 Å². The first-order valence-corrected chi connectivity index (χ1v) is 4.39. The van der Waals surface area contributed by atoms with E-state index in [1.165, 1.54) is 13.0 Å². The van der Waals surface area contributed by atoms with Crippen LogP contribution < -0.4 is 0 Å². The number of hydrogen-bond acceptors (Lipinski definition) is 2. The Labute approximate surface area is 86.1 Å². The third-order valence-electron chi connectivity index (χ3n) is 1.80. The van der Waals surface area contributed by atoms with Gasteiger partial charge in [-0.15, -0.1) is 0 Å². The van der Waals surface area contributed by atoms with Gasteiger partial charge in [-0.25, -0.2) is 0 Å². The van der Waals surface area contributed by atoms with Gasteiger partial charge in [-0.3, -0.25) is 4.79 Å². The van der Waals surface area contributed by atoms with E-state index >= 15 is 0 Å². The molecule has 0 spiro atoms. The monoisotopic (exact) mass is 218 g/mol. The number of halogens is 2. The Morgan fingerprint density at radius 2 is 1.92 bits per heavy atom. The van der Waals surface area contributed by atoms with Crippen molar-refractivity contribution >= 4 is 29.0 Å². The Balaban J connectivity index is 3.56. The van der Waals surface area contributed by atoms with Gasteiger partial charge in [0.05, 0.1) is 10.6 Å². The van der Waals surface area contributed by atoms with Crippen molar-refractivity contribution in [2.75, 3.05) is 0 Å². The van der Waals surface area contributed by atoms with Gasteiger partial charge in [-0.2, -0.15) is 0 Å². The van der Waals surface area contributed by atoms with Crippen molar-refractivity contribution in [1.82, 2.24) is 0 Å². The van der Waals surface area contributed by atoms with E-state index in [9.17, 15) is 9.90 Å². The Hall–Kier alpha value is -0.730. The minimum absolute atomic E-state index is 0.0980. The van der Waals surface area contributed by atoms with Crippen LogP contribution in [-0.4, -0.2) is 10.9 Å². The normalized spacial score (nSPS) is 10.2. The smallest absolute Gasteiger partial charge is 0.163 e. The summed E-state index contributed by atoms with van der Waals surface area (Å²) in [5.41, 5.74) is 0.744. The van der Waals surface area contributed by atoms with Gasteiger partial charge in [-0.1, -0.05) is 23.2 Å². The Morgan fingerprint density at radius 3 is 2.38 bits per heavy atom. The molecule has 1 aromatic carbocycles. The second kappa shape index (κ2) is 3.56. The second-order valence-electron chi connectivity index (χ2n) is 2.75. The fourth-order valence-electron chi connectivity index (χ4n) is 1.14. The van der Waals surface area contributed by atoms with Crippen molar-refractivity contribution in [2.24, 2.45) is 0 Å². The van der Waals surface area contributed by atoms with Crippen molar-refractivity contribution in [1.29, 1.82) is 0 Å². The van der Waals surface area contributed by atoms with Crippen molar-refractivity contribution in [3.63, 3.8) is 0 Å². The molecule has 0 unspecified atom stereocenters. The van der Waals surface area contributed by atoms with Crippen LogP contribution >= 0.6 is 23.2 Å². The minimum Gasteiger partial charge on any atom is -0.506 e. The van der Waals surface area contributed by atoms with Crippen LogP contribution in [0.15, 0.2) is 6.07 Å². The van der Waals surface area contributed by atoms with Crippen molar-refractivity contribution in [2.45, 2.75) is 13.8 Å². The number of aromatic hydroxyl groups is 1. The van der Waals surface area contributed by atoms with Crippen LogP contribution in [0.25, 0.3) is 0 Å². The van der Waals surface area contributed by atoms with Gasteiger partial charge in [0.1, 0.15) is 5.75 Å². The fourth-order valence-corrected chi connectivity index (χ4v) is 1.60. The van der Waals surface area contributed by atoms with E-state index in [-0.39, 0.29) is 22.1 Å². The summed E-state index contributed by atoms with van der Waals surface area (Å²) in [4.78, 5) is 11.1. The molecule has 0 aliphatic carbocycles.